The summed E-state index contributed by atoms with van der Waals surface area (Å²) >= 11 is 6.14. The maximum Gasteiger partial charge on any atom is 0.105 e. The molecule has 0 aromatic carbocycles. The van der Waals surface area contributed by atoms with Gasteiger partial charge >= 0.3 is 0 Å². The van der Waals surface area contributed by atoms with Crippen molar-refractivity contribution in [3.8, 4) is 0 Å². The third kappa shape index (κ3) is 2.69. The smallest absolute Gasteiger partial charge is 0.105 e. The fourth-order valence-electron chi connectivity index (χ4n) is 3.31. The van der Waals surface area contributed by atoms with Crippen LogP contribution in [0.25, 0.3) is 0 Å². The van der Waals surface area contributed by atoms with E-state index in [0.29, 0.717) is 5.38 Å². The van der Waals surface area contributed by atoms with Gasteiger partial charge in [-0.1, -0.05) is 31.5 Å². The monoisotopic (exact) mass is 212 g/mol. The predicted molar refractivity (Wildman–Crippen MR) is 65.9 cm³/mol. The molecule has 2 heteroatoms. The summed E-state index contributed by atoms with van der Waals surface area (Å²) < 4.78 is 0. The van der Waals surface area contributed by atoms with Crippen LogP contribution in [0.3, 0.4) is 0 Å². The van der Waals surface area contributed by atoms with Gasteiger partial charge in [0.1, 0.15) is 7.85 Å². The summed E-state index contributed by atoms with van der Waals surface area (Å²) in [5, 5.41) is 0.494. The summed E-state index contributed by atoms with van der Waals surface area (Å²) in [5.41, 5.74) is 0. The summed E-state index contributed by atoms with van der Waals surface area (Å²) in [6, 6.07) is 0. The van der Waals surface area contributed by atoms with Crippen LogP contribution in [-0.4, -0.2) is 13.2 Å². The molecule has 0 N–H and O–H groups in total. The van der Waals surface area contributed by atoms with Crippen LogP contribution in [0.1, 0.15) is 51.4 Å². The van der Waals surface area contributed by atoms with Crippen molar-refractivity contribution < 1.29 is 0 Å². The summed E-state index contributed by atoms with van der Waals surface area (Å²) in [7, 11) is 2.41. The topological polar surface area (TPSA) is 0 Å². The highest BCUT2D eigenvalue weighted by Gasteiger charge is 2.29. The number of hydrogen-bond donors (Lipinski definition) is 0. The molecular weight excluding hydrogens is 190 g/mol. The SMILES string of the molecule is BC1CCC(C2CCC(Cl)CC2)CC1. The fourth-order valence-corrected chi connectivity index (χ4v) is 3.56. The van der Waals surface area contributed by atoms with Gasteiger partial charge in [-0.05, 0) is 37.5 Å². The first kappa shape index (κ1) is 10.9. The van der Waals surface area contributed by atoms with Crippen molar-refractivity contribution in [3.05, 3.63) is 0 Å². The molecule has 0 amide bonds. The summed E-state index contributed by atoms with van der Waals surface area (Å²) in [6.07, 6.45) is 11.3. The number of hydrogen-bond acceptors (Lipinski definition) is 0. The minimum Gasteiger partial charge on any atom is -0.123 e. The van der Waals surface area contributed by atoms with Crippen LogP contribution in [0.15, 0.2) is 0 Å². The van der Waals surface area contributed by atoms with Gasteiger partial charge in [0.15, 0.2) is 0 Å². The lowest BCUT2D eigenvalue weighted by molar-refractivity contribution is 0.198. The molecule has 0 spiro atoms. The Morgan fingerprint density at radius 3 is 1.64 bits per heavy atom. The number of halogens is 1. The summed E-state index contributed by atoms with van der Waals surface area (Å²) in [6.45, 7) is 0. The Hall–Kier alpha value is 0.355. The van der Waals surface area contributed by atoms with E-state index in [1.54, 1.807) is 0 Å². The number of alkyl halides is 1. The summed E-state index contributed by atoms with van der Waals surface area (Å²) in [4.78, 5) is 0. The zero-order chi connectivity index (χ0) is 9.97. The Morgan fingerprint density at radius 1 is 0.714 bits per heavy atom. The Kier molecular flexibility index (Phi) is 3.82. The lowest BCUT2D eigenvalue weighted by atomic mass is 9.66. The van der Waals surface area contributed by atoms with E-state index in [9.17, 15) is 0 Å². The maximum absolute atomic E-state index is 6.14. The molecule has 0 bridgehead atoms. The van der Waals surface area contributed by atoms with E-state index in [-0.39, 0.29) is 0 Å². The van der Waals surface area contributed by atoms with E-state index in [1.807, 2.05) is 0 Å². The Bertz CT molecular complexity index is 147. The molecule has 0 aromatic heterocycles. The average Bonchev–Trinajstić information content (AvgIpc) is 2.21. The average molecular weight is 213 g/mol. The molecule has 0 aromatic rings. The molecule has 2 aliphatic rings. The fraction of sp³-hybridized carbons (Fsp3) is 1.00. The third-order valence-corrected chi connectivity index (χ3v) is 4.86. The molecule has 80 valence electrons. The first-order chi connectivity index (χ1) is 6.75. The lowest BCUT2D eigenvalue weighted by Crippen LogP contribution is -2.24. The van der Waals surface area contributed by atoms with Gasteiger partial charge in [-0.3, -0.25) is 0 Å². The van der Waals surface area contributed by atoms with Crippen LogP contribution in [0.4, 0.5) is 0 Å². The molecule has 2 fully saturated rings. The van der Waals surface area contributed by atoms with Crippen LogP contribution in [0.2, 0.25) is 5.82 Å². The minimum absolute atomic E-state index is 0.494. The molecule has 0 saturated heterocycles. The van der Waals surface area contributed by atoms with E-state index in [2.05, 4.69) is 7.85 Å². The van der Waals surface area contributed by atoms with Gasteiger partial charge in [0.05, 0.1) is 0 Å². The lowest BCUT2D eigenvalue weighted by Gasteiger charge is -2.36. The van der Waals surface area contributed by atoms with Crippen molar-refractivity contribution in [2.24, 2.45) is 11.8 Å². The normalized spacial score (nSPS) is 44.9. The van der Waals surface area contributed by atoms with E-state index in [1.165, 1.54) is 51.4 Å². The molecule has 2 rings (SSSR count). The molecule has 0 atom stereocenters. The Balaban J connectivity index is 1.78. The molecule has 2 saturated carbocycles. The predicted octanol–water partition coefficient (Wildman–Crippen LogP) is 3.40. The first-order valence-electron chi connectivity index (χ1n) is 6.39. The minimum atomic E-state index is 0.494. The first-order valence-corrected chi connectivity index (χ1v) is 6.83. The molecular formula is C12H22BCl. The van der Waals surface area contributed by atoms with Crippen LogP contribution < -0.4 is 0 Å². The zero-order valence-electron chi connectivity index (χ0n) is 9.34. The van der Waals surface area contributed by atoms with Gasteiger partial charge in [-0.25, -0.2) is 0 Å². The van der Waals surface area contributed by atoms with E-state index >= 15 is 0 Å². The molecule has 0 aliphatic heterocycles. The van der Waals surface area contributed by atoms with Gasteiger partial charge in [-0.2, -0.15) is 0 Å². The van der Waals surface area contributed by atoms with Gasteiger partial charge in [0.25, 0.3) is 0 Å². The molecule has 0 nitrogen and oxygen atoms in total. The quantitative estimate of drug-likeness (QED) is 0.462. The van der Waals surface area contributed by atoms with Crippen LogP contribution >= 0.6 is 11.6 Å². The van der Waals surface area contributed by atoms with Crippen LogP contribution in [0.5, 0.6) is 0 Å². The highest BCUT2D eigenvalue weighted by atomic mass is 35.5. The Labute approximate surface area is 94.2 Å². The van der Waals surface area contributed by atoms with Gasteiger partial charge < -0.3 is 0 Å². The zero-order valence-corrected chi connectivity index (χ0v) is 10.1. The summed E-state index contributed by atoms with van der Waals surface area (Å²) in [5.74, 6) is 3.07. The van der Waals surface area contributed by atoms with Crippen molar-refractivity contribution in [2.45, 2.75) is 62.6 Å². The van der Waals surface area contributed by atoms with Crippen molar-refractivity contribution >= 4 is 19.4 Å². The molecule has 2 aliphatic carbocycles. The Morgan fingerprint density at radius 2 is 1.14 bits per heavy atom. The molecule has 0 unspecified atom stereocenters. The second-order valence-corrected chi connectivity index (χ2v) is 6.15. The van der Waals surface area contributed by atoms with Gasteiger partial charge in [0, 0.05) is 5.38 Å². The number of rotatable bonds is 1. The van der Waals surface area contributed by atoms with Gasteiger partial charge in [0.2, 0.25) is 0 Å². The molecule has 0 radical (unpaired) electrons. The highest BCUT2D eigenvalue weighted by molar-refractivity contribution is 6.20. The second kappa shape index (κ2) is 4.92. The van der Waals surface area contributed by atoms with Crippen molar-refractivity contribution in [3.63, 3.8) is 0 Å². The van der Waals surface area contributed by atoms with E-state index < -0.39 is 0 Å². The second-order valence-electron chi connectivity index (χ2n) is 5.53. The van der Waals surface area contributed by atoms with Crippen molar-refractivity contribution in [1.29, 1.82) is 0 Å². The largest absolute Gasteiger partial charge is 0.123 e. The van der Waals surface area contributed by atoms with Crippen molar-refractivity contribution in [2.75, 3.05) is 0 Å². The molecule has 14 heavy (non-hydrogen) atoms. The van der Waals surface area contributed by atoms with Gasteiger partial charge in [-0.15, -0.1) is 11.6 Å². The van der Waals surface area contributed by atoms with Crippen LogP contribution in [-0.2, 0) is 0 Å². The van der Waals surface area contributed by atoms with Crippen LogP contribution in [0, 0.1) is 11.8 Å². The van der Waals surface area contributed by atoms with E-state index in [0.717, 1.165) is 17.7 Å². The highest BCUT2D eigenvalue weighted by Crippen LogP contribution is 2.41. The van der Waals surface area contributed by atoms with Crippen molar-refractivity contribution in [1.82, 2.24) is 0 Å². The molecule has 0 heterocycles. The maximum atomic E-state index is 6.14. The van der Waals surface area contributed by atoms with E-state index in [4.69, 9.17) is 11.6 Å². The third-order valence-electron chi connectivity index (χ3n) is 4.43. The standard InChI is InChI=1S/C12H22BCl/c13-11-5-1-9(2-6-11)10-3-7-12(14)8-4-10/h9-12H,1-8,13H2.